The second-order valence-corrected chi connectivity index (χ2v) is 29.4. The van der Waals surface area contributed by atoms with E-state index < -0.39 is 0 Å². The predicted octanol–water partition coefficient (Wildman–Crippen LogP) is 15.2. The Kier molecular flexibility index (Phi) is 28.2. The van der Waals surface area contributed by atoms with E-state index in [0.717, 1.165) is 103 Å². The molecule has 0 aliphatic rings. The normalized spacial score (nSPS) is 10.8. The van der Waals surface area contributed by atoms with Gasteiger partial charge >= 0.3 is 0 Å². The number of aromatic amines is 1. The molecule has 24 nitrogen and oxygen atoms in total. The number of para-hydroxylation sites is 1. The molecule has 0 atom stereocenters. The number of aryl methyl sites for hydroxylation is 6. The largest absolute Gasteiger partial charge is 0.508 e. The van der Waals surface area contributed by atoms with Crippen molar-refractivity contribution < 1.29 is 52.8 Å². The first-order valence-electron chi connectivity index (χ1n) is 33.7. The van der Waals surface area contributed by atoms with Gasteiger partial charge in [0.15, 0.2) is 17.5 Å². The highest BCUT2D eigenvalue weighted by Gasteiger charge is 2.20. The molecule has 0 fully saturated rings. The molecule has 0 saturated carbocycles. The molecule has 29 heteroatoms. The van der Waals surface area contributed by atoms with E-state index in [-0.39, 0.29) is 77.6 Å². The van der Waals surface area contributed by atoms with Gasteiger partial charge in [-0.05, 0) is 169 Å². The number of anilines is 4. The molecule has 0 spiro atoms. The number of thioether (sulfide) groups is 3. The topological polar surface area (TPSA) is 330 Å². The molecule has 7 aromatic heterocycles. The quantitative estimate of drug-likeness (QED) is 0.0121. The Morgan fingerprint density at radius 3 is 1.94 bits per heavy atom. The number of aromatic hydroxyl groups is 1. The van der Waals surface area contributed by atoms with Gasteiger partial charge in [-0.2, -0.15) is 0 Å². The van der Waals surface area contributed by atoms with Gasteiger partial charge < -0.3 is 59.7 Å². The average Bonchev–Trinajstić information content (AvgIpc) is 1.61. The average molecular weight is 1550 g/mol. The summed E-state index contributed by atoms with van der Waals surface area (Å²) in [6.45, 7) is 16.2. The number of phenols is 1. The molecule has 6 aromatic carbocycles. The predicted molar refractivity (Wildman–Crippen MR) is 428 cm³/mol. The number of aliphatic hydroxyl groups excluding tert-OH is 1. The Morgan fingerprint density at radius 2 is 1.28 bits per heavy atom. The molecule has 556 valence electrons. The van der Waals surface area contributed by atoms with Crippen LogP contribution in [0.2, 0.25) is 0 Å². The highest BCUT2D eigenvalue weighted by molar-refractivity contribution is 8.00. The van der Waals surface area contributed by atoms with Crippen molar-refractivity contribution in [3.63, 3.8) is 0 Å². The molecule has 4 amide bonds. The van der Waals surface area contributed by atoms with E-state index in [1.807, 2.05) is 100 Å². The summed E-state index contributed by atoms with van der Waals surface area (Å²) in [6, 6.07) is 45.5. The minimum Gasteiger partial charge on any atom is -0.508 e. The fraction of sp³-hybridized carbons (Fsp3) is 0.215. The van der Waals surface area contributed by atoms with Crippen LogP contribution in [0.1, 0.15) is 72.1 Å². The first-order valence-corrected chi connectivity index (χ1v) is 38.3. The lowest BCUT2D eigenvalue weighted by atomic mass is 10.1. The zero-order valence-corrected chi connectivity index (χ0v) is 64.6. The summed E-state index contributed by atoms with van der Waals surface area (Å²) in [5.41, 5.74) is 11.0. The van der Waals surface area contributed by atoms with E-state index in [0.29, 0.717) is 63.7 Å². The van der Waals surface area contributed by atoms with Gasteiger partial charge in [-0.25, -0.2) is 29.9 Å². The molecule has 0 aliphatic heterocycles. The van der Waals surface area contributed by atoms with E-state index in [1.165, 1.54) is 54.0 Å². The number of ether oxygens (including phenoxy) is 3. The molecule has 108 heavy (non-hydrogen) atoms. The number of methoxy groups -OCH3 is 1. The Hall–Kier alpha value is -11.2. The Balaban J connectivity index is 0.000000154. The summed E-state index contributed by atoms with van der Waals surface area (Å²) < 4.78 is 25.3. The number of carbonyl (C=O) groups is 5. The molecule has 0 aliphatic carbocycles. The zero-order valence-electron chi connectivity index (χ0n) is 60.5. The fourth-order valence-electron chi connectivity index (χ4n) is 10.7. The SMILES string of the molecule is CC(=O)c1cccc(NC(=O)CSc2ncnc3sc(C)c(C)c23)c1.COc1cccc(NC(=O)CSc2nc(C)c(CCO)c(=O)[nH]2)c1.Cc1c(C)n(Cc2ccco2)c2ncnc(SCC(=O)Nc3cccc(O)c3)c12.Cc1cccc(OCC(=O)Nc2ccc(OCc3nc4ccccc4s3)cc2C)c1. The first kappa shape index (κ1) is 79.4. The monoisotopic (exact) mass is 1550 g/mol. The number of nitrogens with one attached hydrogen (secondary N) is 5. The minimum atomic E-state index is -0.285. The van der Waals surface area contributed by atoms with Crippen molar-refractivity contribution in [1.29, 1.82) is 0 Å². The number of carbonyl (C=O) groups excluding carboxylic acids is 5. The van der Waals surface area contributed by atoms with Crippen LogP contribution in [-0.4, -0.2) is 117 Å². The van der Waals surface area contributed by atoms with E-state index in [1.54, 1.807) is 110 Å². The molecule has 13 aromatic rings. The Labute approximate surface area is 643 Å². The van der Waals surface area contributed by atoms with Crippen LogP contribution in [0.4, 0.5) is 22.7 Å². The Bertz CT molecular complexity index is 5380. The molecule has 13 rings (SSSR count). The van der Waals surface area contributed by atoms with Crippen LogP contribution >= 0.6 is 58.0 Å². The number of nitrogens with zero attached hydrogens (tertiary/aromatic N) is 7. The van der Waals surface area contributed by atoms with E-state index >= 15 is 0 Å². The van der Waals surface area contributed by atoms with Crippen LogP contribution < -0.4 is 41.0 Å². The maximum absolute atomic E-state index is 12.3. The third-order valence-electron chi connectivity index (χ3n) is 16.3. The Morgan fingerprint density at radius 1 is 0.620 bits per heavy atom. The number of thiazole rings is 1. The van der Waals surface area contributed by atoms with Crippen LogP contribution in [0.25, 0.3) is 31.5 Å². The maximum atomic E-state index is 12.3. The minimum absolute atomic E-state index is 0.0304. The molecular weight excluding hydrogens is 1470 g/mol. The number of phenolic OH excluding ortho intramolecular Hbond substituents is 1. The smallest absolute Gasteiger partial charge is 0.262 e. The summed E-state index contributed by atoms with van der Waals surface area (Å²) in [7, 11) is 1.56. The number of thiophene rings is 1. The standard InChI is InChI=1S/C24H22N2O3S.C21H20N4O3S.C18H17N3O2S2.C16H19N3O4S/c1-16-6-5-7-18(12-16)28-14-23(27)25-20-11-10-19(13-17(20)2)29-15-24-26-21-8-3-4-9-22(21)30-24;1-13-14(2)25(10-17-7-4-8-28-17)20-19(13)21(23-12-22-20)29-11-18(27)24-15-5-3-6-16(26)9-15;1-10-12(3)25-18-16(10)17(19-9-20-18)24-8-15(23)21-14-6-4-5-13(7-14)11(2)22;1-10-13(6-7-20)15(22)19-16(17-10)24-9-14(21)18-11-4-3-5-12(8-11)23-2/h3-13H,14-15H2,1-2H3,(H,25,27);3-9,12,26H,10-11H2,1-2H3,(H,24,27);4-7,9H,8H2,1-3H3,(H,21,23);3-5,8,20H,6-7,9H2,1-2H3,(H,18,21)(H,17,19,22). The van der Waals surface area contributed by atoms with Gasteiger partial charge in [0.05, 0.1) is 52.8 Å². The van der Waals surface area contributed by atoms with E-state index in [2.05, 4.69) is 80.6 Å². The molecule has 7 heterocycles. The number of benzene rings is 6. The fourth-order valence-corrected chi connectivity index (χ4v) is 15.1. The third-order valence-corrected chi connectivity index (χ3v) is 21.3. The van der Waals surface area contributed by atoms with Crippen molar-refractivity contribution in [3.05, 3.63) is 241 Å². The van der Waals surface area contributed by atoms with Crippen LogP contribution in [0, 0.1) is 48.5 Å². The van der Waals surface area contributed by atoms with Gasteiger partial charge in [0.25, 0.3) is 11.5 Å². The molecular formula is C79H78N12O12S5. The van der Waals surface area contributed by atoms with Crippen LogP contribution in [0.5, 0.6) is 23.0 Å². The number of hydrogen-bond donors (Lipinski definition) is 7. The number of aliphatic hydroxyl groups is 1. The van der Waals surface area contributed by atoms with Crippen LogP contribution in [0.3, 0.4) is 0 Å². The van der Waals surface area contributed by atoms with Gasteiger partial charge in [0.2, 0.25) is 17.7 Å². The highest BCUT2D eigenvalue weighted by atomic mass is 32.2. The van der Waals surface area contributed by atoms with Crippen molar-refractivity contribution >= 4 is 142 Å². The molecule has 0 unspecified atom stereocenters. The molecule has 0 bridgehead atoms. The van der Waals surface area contributed by atoms with Gasteiger partial charge in [0, 0.05) is 80.7 Å². The number of amides is 4. The number of furan rings is 1. The van der Waals surface area contributed by atoms with Crippen molar-refractivity contribution in [3.8, 4) is 23.0 Å². The number of hydrogen-bond acceptors (Lipinski definition) is 23. The van der Waals surface area contributed by atoms with Crippen molar-refractivity contribution in [2.75, 3.05) is 58.8 Å². The number of H-pyrrole nitrogens is 1. The molecule has 0 radical (unpaired) electrons. The summed E-state index contributed by atoms with van der Waals surface area (Å²) in [4.78, 5) is 103. The number of rotatable bonds is 25. The van der Waals surface area contributed by atoms with E-state index in [9.17, 15) is 33.9 Å². The second-order valence-electron chi connectivity index (χ2n) is 24.2. The van der Waals surface area contributed by atoms with Crippen molar-refractivity contribution in [2.45, 2.75) is 90.2 Å². The summed E-state index contributed by atoms with van der Waals surface area (Å²) in [5.74, 6) is 2.82. The van der Waals surface area contributed by atoms with Crippen molar-refractivity contribution in [1.82, 2.24) is 39.5 Å². The summed E-state index contributed by atoms with van der Waals surface area (Å²) in [5, 5.41) is 34.6. The van der Waals surface area contributed by atoms with Gasteiger partial charge in [-0.1, -0.05) is 83.8 Å². The number of fused-ring (bicyclic) bond motifs is 3. The van der Waals surface area contributed by atoms with Crippen molar-refractivity contribution in [2.24, 2.45) is 0 Å². The molecule has 7 N–H and O–H groups in total. The van der Waals surface area contributed by atoms with Crippen LogP contribution in [-0.2, 0) is 38.8 Å². The van der Waals surface area contributed by atoms with Crippen LogP contribution in [0.15, 0.2) is 195 Å². The number of aromatic nitrogens is 8. The maximum Gasteiger partial charge on any atom is 0.262 e. The lowest BCUT2D eigenvalue weighted by molar-refractivity contribution is -0.118. The summed E-state index contributed by atoms with van der Waals surface area (Å²) in [6.07, 6.45) is 4.98. The highest BCUT2D eigenvalue weighted by Crippen LogP contribution is 2.36. The number of Topliss-reactive ketones (excluding diaryl/α,β-unsaturated/α-hetero) is 1. The third kappa shape index (κ3) is 22.2. The lowest BCUT2D eigenvalue weighted by Crippen LogP contribution is -2.20. The lowest BCUT2D eigenvalue weighted by Gasteiger charge is -2.12. The summed E-state index contributed by atoms with van der Waals surface area (Å²) >= 11 is 7.16. The zero-order chi connectivity index (χ0) is 76.8. The number of ketones is 1. The van der Waals surface area contributed by atoms with Gasteiger partial charge in [-0.3, -0.25) is 28.8 Å². The second kappa shape index (κ2) is 38.4. The van der Waals surface area contributed by atoms with Gasteiger partial charge in [-0.15, -0.1) is 22.7 Å². The van der Waals surface area contributed by atoms with Gasteiger partial charge in [0.1, 0.15) is 73.6 Å². The van der Waals surface area contributed by atoms with E-state index in [4.69, 9.17) is 23.7 Å². The first-order chi connectivity index (χ1) is 52.1. The molecule has 0 saturated heterocycles.